The Morgan fingerprint density at radius 2 is 1.90 bits per heavy atom. The second-order valence-corrected chi connectivity index (χ2v) is 5.62. The van der Waals surface area contributed by atoms with E-state index in [9.17, 15) is 18.7 Å². The number of benzene rings is 1. The van der Waals surface area contributed by atoms with Crippen molar-refractivity contribution < 1.29 is 18.7 Å². The van der Waals surface area contributed by atoms with Crippen LogP contribution in [0, 0.1) is 11.6 Å². The third-order valence-electron chi connectivity index (χ3n) is 3.11. The molecule has 21 heavy (non-hydrogen) atoms. The standard InChI is InChI=1S/C14H14F2N2O2S/c1-2-10(19)6-3-8(15)12(9(16)4-6)11-5-7(13(17)20)14(18)21-11/h3-5,10,19H,2,18H2,1H3,(H2,17,20). The summed E-state index contributed by atoms with van der Waals surface area (Å²) in [6.07, 6.45) is -0.589. The van der Waals surface area contributed by atoms with Crippen LogP contribution in [0.25, 0.3) is 10.4 Å². The predicted molar refractivity (Wildman–Crippen MR) is 77.9 cm³/mol. The van der Waals surface area contributed by atoms with Crippen LogP contribution < -0.4 is 11.5 Å². The molecule has 0 radical (unpaired) electrons. The monoisotopic (exact) mass is 312 g/mol. The normalized spacial score (nSPS) is 12.4. The summed E-state index contributed by atoms with van der Waals surface area (Å²) < 4.78 is 28.3. The molecule has 0 fully saturated rings. The number of carbonyl (C=O) groups is 1. The zero-order valence-corrected chi connectivity index (χ0v) is 12.0. The lowest BCUT2D eigenvalue weighted by Crippen LogP contribution is -2.11. The minimum Gasteiger partial charge on any atom is -0.390 e. The largest absolute Gasteiger partial charge is 0.390 e. The van der Waals surface area contributed by atoms with Crippen LogP contribution in [0.15, 0.2) is 18.2 Å². The molecule has 2 rings (SSSR count). The summed E-state index contributed by atoms with van der Waals surface area (Å²) in [6.45, 7) is 1.70. The zero-order valence-electron chi connectivity index (χ0n) is 11.2. The molecule has 0 saturated heterocycles. The number of halogens is 2. The maximum atomic E-state index is 14.1. The van der Waals surface area contributed by atoms with Crippen molar-refractivity contribution in [2.45, 2.75) is 19.4 Å². The summed E-state index contributed by atoms with van der Waals surface area (Å²) in [7, 11) is 0. The van der Waals surface area contributed by atoms with E-state index in [1.807, 2.05) is 0 Å². The number of aliphatic hydroxyl groups excluding tert-OH is 1. The Balaban J connectivity index is 2.55. The van der Waals surface area contributed by atoms with Gasteiger partial charge in [-0.1, -0.05) is 6.92 Å². The van der Waals surface area contributed by atoms with E-state index in [0.717, 1.165) is 23.5 Å². The summed E-state index contributed by atoms with van der Waals surface area (Å²) >= 11 is 0.879. The first-order valence-corrected chi connectivity index (χ1v) is 7.03. The van der Waals surface area contributed by atoms with E-state index < -0.39 is 23.6 Å². The minimum atomic E-state index is -0.933. The van der Waals surface area contributed by atoms with Crippen molar-refractivity contribution >= 4 is 22.2 Å². The van der Waals surface area contributed by atoms with Crippen molar-refractivity contribution in [1.29, 1.82) is 0 Å². The quantitative estimate of drug-likeness (QED) is 0.811. The Kier molecular flexibility index (Phi) is 4.24. The molecule has 1 aromatic heterocycles. The van der Waals surface area contributed by atoms with Crippen molar-refractivity contribution in [3.8, 4) is 10.4 Å². The van der Waals surface area contributed by atoms with Crippen LogP contribution in [0.4, 0.5) is 13.8 Å². The fraction of sp³-hybridized carbons (Fsp3) is 0.214. The molecule has 1 aromatic carbocycles. The van der Waals surface area contributed by atoms with Crippen LogP contribution in [0.1, 0.15) is 35.4 Å². The molecule has 4 nitrogen and oxygen atoms in total. The van der Waals surface area contributed by atoms with E-state index in [-0.39, 0.29) is 26.6 Å². The number of nitrogens with two attached hydrogens (primary N) is 2. The summed E-state index contributed by atoms with van der Waals surface area (Å²) in [6, 6.07) is 3.42. The lowest BCUT2D eigenvalue weighted by molar-refractivity contribution is 0.100. The van der Waals surface area contributed by atoms with Gasteiger partial charge >= 0.3 is 0 Å². The number of carbonyl (C=O) groups excluding carboxylic acids is 1. The SMILES string of the molecule is CCC(O)c1cc(F)c(-c2cc(C(N)=O)c(N)s2)c(F)c1. The number of hydrogen-bond acceptors (Lipinski definition) is 4. The molecule has 1 amide bonds. The maximum absolute atomic E-state index is 14.1. The second-order valence-electron chi connectivity index (χ2n) is 4.54. The Morgan fingerprint density at radius 3 is 2.33 bits per heavy atom. The van der Waals surface area contributed by atoms with Crippen LogP contribution in [-0.4, -0.2) is 11.0 Å². The highest BCUT2D eigenvalue weighted by Crippen LogP contribution is 2.37. The van der Waals surface area contributed by atoms with Gasteiger partial charge in [-0.25, -0.2) is 8.78 Å². The average molecular weight is 312 g/mol. The molecular formula is C14H14F2N2O2S. The van der Waals surface area contributed by atoms with Crippen molar-refractivity contribution in [3.05, 3.63) is 41.0 Å². The predicted octanol–water partition coefficient (Wildman–Crippen LogP) is 2.82. The summed E-state index contributed by atoms with van der Waals surface area (Å²) in [5, 5.41) is 9.75. The maximum Gasteiger partial charge on any atom is 0.251 e. The van der Waals surface area contributed by atoms with E-state index in [1.54, 1.807) is 6.92 Å². The minimum absolute atomic E-state index is 0.0338. The number of amides is 1. The van der Waals surface area contributed by atoms with Crippen molar-refractivity contribution in [2.24, 2.45) is 5.73 Å². The number of anilines is 1. The first-order valence-electron chi connectivity index (χ1n) is 6.21. The van der Waals surface area contributed by atoms with Crippen molar-refractivity contribution in [2.75, 3.05) is 5.73 Å². The molecule has 1 unspecified atom stereocenters. The fourth-order valence-corrected chi connectivity index (χ4v) is 2.96. The highest BCUT2D eigenvalue weighted by atomic mass is 32.1. The zero-order chi connectivity index (χ0) is 15.7. The Hall–Kier alpha value is -1.99. The topological polar surface area (TPSA) is 89.3 Å². The smallest absolute Gasteiger partial charge is 0.251 e. The van der Waals surface area contributed by atoms with Crippen LogP contribution in [0.5, 0.6) is 0 Å². The van der Waals surface area contributed by atoms with Gasteiger partial charge in [0, 0.05) is 4.88 Å². The molecular weight excluding hydrogens is 298 g/mol. The first kappa shape index (κ1) is 15.4. The molecule has 0 aliphatic rings. The molecule has 0 saturated carbocycles. The lowest BCUT2D eigenvalue weighted by atomic mass is 10.0. The van der Waals surface area contributed by atoms with Gasteiger partial charge in [0.2, 0.25) is 0 Å². The van der Waals surface area contributed by atoms with Gasteiger partial charge in [-0.15, -0.1) is 11.3 Å². The van der Waals surface area contributed by atoms with E-state index in [0.29, 0.717) is 6.42 Å². The van der Waals surface area contributed by atoms with Gasteiger partial charge in [0.1, 0.15) is 11.6 Å². The van der Waals surface area contributed by atoms with Gasteiger partial charge in [0.15, 0.2) is 0 Å². The number of rotatable bonds is 4. The molecule has 2 aromatic rings. The molecule has 1 atom stereocenters. The van der Waals surface area contributed by atoms with Crippen LogP contribution in [0.3, 0.4) is 0 Å². The summed E-state index contributed by atoms with van der Waals surface area (Å²) in [5.74, 6) is -2.40. The molecule has 0 aliphatic carbocycles. The van der Waals surface area contributed by atoms with E-state index >= 15 is 0 Å². The molecule has 112 valence electrons. The van der Waals surface area contributed by atoms with Gasteiger partial charge in [-0.2, -0.15) is 0 Å². The van der Waals surface area contributed by atoms with Crippen LogP contribution >= 0.6 is 11.3 Å². The highest BCUT2D eigenvalue weighted by Gasteiger charge is 2.20. The molecule has 0 aliphatic heterocycles. The molecule has 0 bridgehead atoms. The Labute approximate surface area is 124 Å². The number of aliphatic hydroxyl groups is 1. The number of primary amides is 1. The van der Waals surface area contributed by atoms with Gasteiger partial charge in [0.25, 0.3) is 5.91 Å². The lowest BCUT2D eigenvalue weighted by Gasteiger charge is -2.11. The molecule has 0 spiro atoms. The van der Waals surface area contributed by atoms with Crippen LogP contribution in [0.2, 0.25) is 0 Å². The summed E-state index contributed by atoms with van der Waals surface area (Å²) in [4.78, 5) is 11.3. The number of thiophene rings is 1. The van der Waals surface area contributed by atoms with Gasteiger partial charge < -0.3 is 16.6 Å². The van der Waals surface area contributed by atoms with Crippen LogP contribution in [-0.2, 0) is 0 Å². The first-order chi connectivity index (χ1) is 9.85. The molecule has 1 heterocycles. The molecule has 7 heteroatoms. The third kappa shape index (κ3) is 2.88. The summed E-state index contributed by atoms with van der Waals surface area (Å²) in [5.41, 5.74) is 10.7. The average Bonchev–Trinajstić information content (AvgIpc) is 2.78. The van der Waals surface area contributed by atoms with Crippen molar-refractivity contribution in [3.63, 3.8) is 0 Å². The van der Waals surface area contributed by atoms with Gasteiger partial charge in [-0.05, 0) is 30.2 Å². The highest BCUT2D eigenvalue weighted by molar-refractivity contribution is 7.19. The number of nitrogen functional groups attached to an aromatic ring is 1. The third-order valence-corrected chi connectivity index (χ3v) is 4.09. The Morgan fingerprint density at radius 1 is 1.33 bits per heavy atom. The number of hydrogen-bond donors (Lipinski definition) is 3. The van der Waals surface area contributed by atoms with Crippen molar-refractivity contribution in [1.82, 2.24) is 0 Å². The van der Waals surface area contributed by atoms with E-state index in [4.69, 9.17) is 11.5 Å². The van der Waals surface area contributed by atoms with Gasteiger partial charge in [0.05, 0.1) is 22.2 Å². The fourth-order valence-electron chi connectivity index (χ4n) is 1.98. The van der Waals surface area contributed by atoms with E-state index in [1.165, 1.54) is 6.07 Å². The molecule has 5 N–H and O–H groups in total. The van der Waals surface area contributed by atoms with E-state index in [2.05, 4.69) is 0 Å². The Bertz CT molecular complexity index is 677. The second kappa shape index (κ2) is 5.79. The van der Waals surface area contributed by atoms with Gasteiger partial charge in [-0.3, -0.25) is 4.79 Å².